The molecule has 0 unspecified atom stereocenters. The Balaban J connectivity index is 1.88. The van der Waals surface area contributed by atoms with Crippen molar-refractivity contribution in [1.82, 2.24) is 0 Å². The summed E-state index contributed by atoms with van der Waals surface area (Å²) < 4.78 is 12.0. The lowest BCUT2D eigenvalue weighted by molar-refractivity contribution is 0.0496. The van der Waals surface area contributed by atoms with Crippen LogP contribution in [0.1, 0.15) is 12.8 Å². The van der Waals surface area contributed by atoms with Crippen LogP contribution in [-0.2, 0) is 4.74 Å². The quantitative estimate of drug-likeness (QED) is 0.869. The van der Waals surface area contributed by atoms with Gasteiger partial charge in [-0.2, -0.15) is 0 Å². The van der Waals surface area contributed by atoms with Crippen LogP contribution in [0.3, 0.4) is 0 Å². The third kappa shape index (κ3) is 3.12. The molecule has 0 atom stereocenters. The van der Waals surface area contributed by atoms with Crippen LogP contribution in [-0.4, -0.2) is 19.8 Å². The van der Waals surface area contributed by atoms with Crippen LogP contribution in [0.25, 0.3) is 0 Å². The molecular formula is C12H16BrNO2. The van der Waals surface area contributed by atoms with Crippen LogP contribution in [0, 0.1) is 5.92 Å². The molecule has 2 N–H and O–H groups in total. The van der Waals surface area contributed by atoms with Crippen LogP contribution in [0.5, 0.6) is 5.75 Å². The monoisotopic (exact) mass is 285 g/mol. The molecule has 4 heteroatoms. The summed E-state index contributed by atoms with van der Waals surface area (Å²) in [5, 5.41) is 0. The van der Waals surface area contributed by atoms with E-state index < -0.39 is 0 Å². The molecule has 0 aromatic heterocycles. The molecule has 0 amide bonds. The number of hydrogen-bond donors (Lipinski definition) is 1. The van der Waals surface area contributed by atoms with Gasteiger partial charge < -0.3 is 15.2 Å². The zero-order chi connectivity index (χ0) is 11.4. The molecular weight excluding hydrogens is 270 g/mol. The summed E-state index contributed by atoms with van der Waals surface area (Å²) in [6, 6.07) is 5.61. The molecule has 1 aromatic rings. The van der Waals surface area contributed by atoms with Gasteiger partial charge in [-0.1, -0.05) is 0 Å². The Morgan fingerprint density at radius 1 is 1.38 bits per heavy atom. The minimum Gasteiger partial charge on any atom is -0.492 e. The fourth-order valence-corrected chi connectivity index (χ4v) is 2.27. The van der Waals surface area contributed by atoms with Crippen molar-refractivity contribution < 1.29 is 9.47 Å². The number of halogens is 1. The average Bonchev–Trinajstić information content (AvgIpc) is 2.29. The van der Waals surface area contributed by atoms with Crippen LogP contribution in [0.15, 0.2) is 22.7 Å². The highest BCUT2D eigenvalue weighted by Gasteiger charge is 2.14. The van der Waals surface area contributed by atoms with E-state index in [9.17, 15) is 0 Å². The number of hydrogen-bond acceptors (Lipinski definition) is 3. The highest BCUT2D eigenvalue weighted by molar-refractivity contribution is 9.10. The first-order chi connectivity index (χ1) is 7.75. The summed E-state index contributed by atoms with van der Waals surface area (Å²) in [6.45, 7) is 2.47. The normalized spacial score (nSPS) is 17.3. The number of nitrogens with two attached hydrogens (primary N) is 1. The van der Waals surface area contributed by atoms with E-state index in [1.165, 1.54) is 0 Å². The second-order valence-electron chi connectivity index (χ2n) is 4.06. The van der Waals surface area contributed by atoms with Gasteiger partial charge in [0.1, 0.15) is 5.75 Å². The number of rotatable bonds is 3. The van der Waals surface area contributed by atoms with Crippen molar-refractivity contribution in [3.05, 3.63) is 22.7 Å². The lowest BCUT2D eigenvalue weighted by Gasteiger charge is -2.22. The summed E-state index contributed by atoms with van der Waals surface area (Å²) in [7, 11) is 0. The summed E-state index contributed by atoms with van der Waals surface area (Å²) in [5.41, 5.74) is 6.41. The van der Waals surface area contributed by atoms with Gasteiger partial charge in [0.2, 0.25) is 0 Å². The Bertz CT molecular complexity index is 351. The van der Waals surface area contributed by atoms with E-state index in [1.54, 1.807) is 0 Å². The van der Waals surface area contributed by atoms with E-state index in [0.717, 1.165) is 48.6 Å². The first kappa shape index (κ1) is 11.7. The minimum absolute atomic E-state index is 0.609. The van der Waals surface area contributed by atoms with Gasteiger partial charge in [-0.15, -0.1) is 0 Å². The standard InChI is InChI=1S/C12H16BrNO2/c13-11-7-10(14)1-2-12(11)16-8-9-3-5-15-6-4-9/h1-2,7,9H,3-6,8,14H2. The number of nitrogen functional groups attached to an aromatic ring is 1. The van der Waals surface area contributed by atoms with Crippen LogP contribution >= 0.6 is 15.9 Å². The Labute approximate surface area is 104 Å². The minimum atomic E-state index is 0.609. The molecule has 3 nitrogen and oxygen atoms in total. The third-order valence-corrected chi connectivity index (χ3v) is 3.39. The van der Waals surface area contributed by atoms with Gasteiger partial charge in [0, 0.05) is 18.9 Å². The second kappa shape index (κ2) is 5.55. The maximum atomic E-state index is 5.77. The number of anilines is 1. The number of benzene rings is 1. The van der Waals surface area contributed by atoms with E-state index >= 15 is 0 Å². The largest absolute Gasteiger partial charge is 0.492 e. The maximum Gasteiger partial charge on any atom is 0.133 e. The van der Waals surface area contributed by atoms with E-state index in [2.05, 4.69) is 15.9 Å². The van der Waals surface area contributed by atoms with Crippen molar-refractivity contribution in [3.8, 4) is 5.75 Å². The Kier molecular flexibility index (Phi) is 4.07. The Hall–Kier alpha value is -0.740. The summed E-state index contributed by atoms with van der Waals surface area (Å²) in [5.74, 6) is 1.47. The van der Waals surface area contributed by atoms with Crippen molar-refractivity contribution in [1.29, 1.82) is 0 Å². The van der Waals surface area contributed by atoms with Crippen molar-refractivity contribution in [2.75, 3.05) is 25.6 Å². The van der Waals surface area contributed by atoms with E-state index in [0.29, 0.717) is 5.92 Å². The van der Waals surface area contributed by atoms with Gasteiger partial charge in [-0.05, 0) is 52.9 Å². The zero-order valence-corrected chi connectivity index (χ0v) is 10.7. The fourth-order valence-electron chi connectivity index (χ4n) is 1.75. The van der Waals surface area contributed by atoms with E-state index in [-0.39, 0.29) is 0 Å². The predicted octanol–water partition coefficient (Wildman–Crippen LogP) is 2.84. The SMILES string of the molecule is Nc1ccc(OCC2CCOCC2)c(Br)c1. The van der Waals surface area contributed by atoms with Crippen LogP contribution in [0.4, 0.5) is 5.69 Å². The molecule has 2 rings (SSSR count). The molecule has 1 aromatic carbocycles. The molecule has 1 heterocycles. The molecule has 0 bridgehead atoms. The van der Waals surface area contributed by atoms with Gasteiger partial charge in [-0.3, -0.25) is 0 Å². The van der Waals surface area contributed by atoms with E-state index in [4.69, 9.17) is 15.2 Å². The molecule has 0 radical (unpaired) electrons. The summed E-state index contributed by atoms with van der Waals surface area (Å²) in [4.78, 5) is 0. The third-order valence-electron chi connectivity index (χ3n) is 2.77. The molecule has 1 aliphatic heterocycles. The van der Waals surface area contributed by atoms with Crippen molar-refractivity contribution in [2.45, 2.75) is 12.8 Å². The van der Waals surface area contributed by atoms with Gasteiger partial charge in [-0.25, -0.2) is 0 Å². The lowest BCUT2D eigenvalue weighted by Crippen LogP contribution is -2.21. The number of ether oxygens (including phenoxy) is 2. The zero-order valence-electron chi connectivity index (χ0n) is 9.12. The van der Waals surface area contributed by atoms with Gasteiger partial charge >= 0.3 is 0 Å². The topological polar surface area (TPSA) is 44.5 Å². The Morgan fingerprint density at radius 3 is 2.81 bits per heavy atom. The van der Waals surface area contributed by atoms with Crippen molar-refractivity contribution in [2.24, 2.45) is 5.92 Å². The molecule has 0 spiro atoms. The summed E-state index contributed by atoms with van der Waals surface area (Å²) in [6.07, 6.45) is 2.18. The maximum absolute atomic E-state index is 5.77. The van der Waals surface area contributed by atoms with E-state index in [1.807, 2.05) is 18.2 Å². The highest BCUT2D eigenvalue weighted by Crippen LogP contribution is 2.28. The average molecular weight is 286 g/mol. The molecule has 16 heavy (non-hydrogen) atoms. The first-order valence-corrected chi connectivity index (χ1v) is 6.30. The van der Waals surface area contributed by atoms with Crippen LogP contribution in [0.2, 0.25) is 0 Å². The van der Waals surface area contributed by atoms with Gasteiger partial charge in [0.25, 0.3) is 0 Å². The lowest BCUT2D eigenvalue weighted by atomic mass is 10.0. The predicted molar refractivity (Wildman–Crippen MR) is 67.6 cm³/mol. The highest BCUT2D eigenvalue weighted by atomic mass is 79.9. The molecule has 88 valence electrons. The molecule has 1 aliphatic rings. The van der Waals surface area contributed by atoms with Gasteiger partial charge in [0.15, 0.2) is 0 Å². The molecule has 0 aliphatic carbocycles. The smallest absolute Gasteiger partial charge is 0.133 e. The molecule has 1 saturated heterocycles. The molecule has 0 saturated carbocycles. The fraction of sp³-hybridized carbons (Fsp3) is 0.500. The first-order valence-electron chi connectivity index (χ1n) is 5.51. The summed E-state index contributed by atoms with van der Waals surface area (Å²) >= 11 is 3.44. The Morgan fingerprint density at radius 2 is 2.12 bits per heavy atom. The van der Waals surface area contributed by atoms with Gasteiger partial charge in [0.05, 0.1) is 11.1 Å². The second-order valence-corrected chi connectivity index (χ2v) is 4.91. The van der Waals surface area contributed by atoms with Crippen molar-refractivity contribution in [3.63, 3.8) is 0 Å². The van der Waals surface area contributed by atoms with Crippen molar-refractivity contribution >= 4 is 21.6 Å². The van der Waals surface area contributed by atoms with Crippen LogP contribution < -0.4 is 10.5 Å². The molecule has 1 fully saturated rings.